The lowest BCUT2D eigenvalue weighted by atomic mass is 9.89. The molecule has 2 heteroatoms. The summed E-state index contributed by atoms with van der Waals surface area (Å²) in [4.78, 5) is 2.37. The largest absolute Gasteiger partial charge is 0.395 e. The number of nitrogens with zero attached hydrogens (tertiary/aromatic N) is 1. The molecule has 0 saturated heterocycles. The maximum atomic E-state index is 8.86. The Morgan fingerprint density at radius 1 is 1.23 bits per heavy atom. The summed E-state index contributed by atoms with van der Waals surface area (Å²) in [6.07, 6.45) is 7.08. The molecule has 0 aromatic rings. The average molecular weight is 185 g/mol. The number of hydrogen-bond acceptors (Lipinski definition) is 2. The Morgan fingerprint density at radius 2 is 1.92 bits per heavy atom. The van der Waals surface area contributed by atoms with Gasteiger partial charge in [-0.1, -0.05) is 26.2 Å². The Bertz CT molecular complexity index is 119. The number of rotatable bonds is 5. The summed E-state index contributed by atoms with van der Waals surface area (Å²) in [5.74, 6) is 0.903. The molecule has 0 aromatic carbocycles. The molecule has 13 heavy (non-hydrogen) atoms. The monoisotopic (exact) mass is 185 g/mol. The van der Waals surface area contributed by atoms with Gasteiger partial charge in [0, 0.05) is 13.1 Å². The van der Waals surface area contributed by atoms with Gasteiger partial charge in [-0.15, -0.1) is 0 Å². The van der Waals surface area contributed by atoms with E-state index in [2.05, 4.69) is 11.8 Å². The standard InChI is InChI=1S/C11H23NO/c1-2-12(8-9-13)10-11-6-4-3-5-7-11/h11,13H,2-10H2,1H3. The predicted molar refractivity (Wildman–Crippen MR) is 55.8 cm³/mol. The average Bonchev–Trinajstić information content (AvgIpc) is 2.19. The van der Waals surface area contributed by atoms with Crippen molar-refractivity contribution in [3.05, 3.63) is 0 Å². The Morgan fingerprint density at radius 3 is 2.46 bits per heavy atom. The molecule has 1 aliphatic carbocycles. The maximum Gasteiger partial charge on any atom is 0.0558 e. The first-order valence-electron chi connectivity index (χ1n) is 5.70. The Hall–Kier alpha value is -0.0800. The van der Waals surface area contributed by atoms with Gasteiger partial charge < -0.3 is 10.0 Å². The van der Waals surface area contributed by atoms with Crippen molar-refractivity contribution in [1.29, 1.82) is 0 Å². The minimum Gasteiger partial charge on any atom is -0.395 e. The molecule has 0 heterocycles. The van der Waals surface area contributed by atoms with Crippen molar-refractivity contribution >= 4 is 0 Å². The van der Waals surface area contributed by atoms with Crippen molar-refractivity contribution in [2.45, 2.75) is 39.0 Å². The van der Waals surface area contributed by atoms with E-state index in [0.29, 0.717) is 6.61 Å². The fourth-order valence-electron chi connectivity index (χ4n) is 2.25. The molecule has 0 aromatic heterocycles. The molecular formula is C11H23NO. The number of aliphatic hydroxyl groups is 1. The van der Waals surface area contributed by atoms with Gasteiger partial charge in [-0.25, -0.2) is 0 Å². The van der Waals surface area contributed by atoms with E-state index in [1.165, 1.54) is 38.6 Å². The fraction of sp³-hybridized carbons (Fsp3) is 1.00. The van der Waals surface area contributed by atoms with Gasteiger partial charge in [-0.2, -0.15) is 0 Å². The van der Waals surface area contributed by atoms with E-state index < -0.39 is 0 Å². The molecule has 1 N–H and O–H groups in total. The van der Waals surface area contributed by atoms with Gasteiger partial charge in [-0.05, 0) is 25.3 Å². The van der Waals surface area contributed by atoms with E-state index in [1.807, 2.05) is 0 Å². The van der Waals surface area contributed by atoms with Gasteiger partial charge >= 0.3 is 0 Å². The predicted octanol–water partition coefficient (Wildman–Crippen LogP) is 1.88. The topological polar surface area (TPSA) is 23.5 Å². The van der Waals surface area contributed by atoms with Crippen LogP contribution in [-0.2, 0) is 0 Å². The van der Waals surface area contributed by atoms with E-state index in [4.69, 9.17) is 5.11 Å². The number of likely N-dealkylation sites (N-methyl/N-ethyl adjacent to an activating group) is 1. The van der Waals surface area contributed by atoms with Crippen LogP contribution in [0.2, 0.25) is 0 Å². The fourth-order valence-corrected chi connectivity index (χ4v) is 2.25. The van der Waals surface area contributed by atoms with Crippen LogP contribution in [0.3, 0.4) is 0 Å². The molecule has 0 atom stereocenters. The Labute approximate surface area is 81.9 Å². The van der Waals surface area contributed by atoms with Crippen LogP contribution in [0.15, 0.2) is 0 Å². The first-order chi connectivity index (χ1) is 6.36. The summed E-state index contributed by atoms with van der Waals surface area (Å²) in [6, 6.07) is 0. The zero-order valence-corrected chi connectivity index (χ0v) is 8.84. The second-order valence-corrected chi connectivity index (χ2v) is 4.12. The van der Waals surface area contributed by atoms with Gasteiger partial charge in [-0.3, -0.25) is 0 Å². The quantitative estimate of drug-likeness (QED) is 0.707. The SMILES string of the molecule is CCN(CCO)CC1CCCCC1. The zero-order chi connectivity index (χ0) is 9.52. The third kappa shape index (κ3) is 4.10. The van der Waals surface area contributed by atoms with E-state index >= 15 is 0 Å². The minimum absolute atomic E-state index is 0.306. The van der Waals surface area contributed by atoms with E-state index in [-0.39, 0.29) is 0 Å². The first-order valence-corrected chi connectivity index (χ1v) is 5.70. The van der Waals surface area contributed by atoms with Crippen molar-refractivity contribution in [3.8, 4) is 0 Å². The van der Waals surface area contributed by atoms with Crippen molar-refractivity contribution < 1.29 is 5.11 Å². The third-order valence-corrected chi connectivity index (χ3v) is 3.10. The molecule has 0 spiro atoms. The van der Waals surface area contributed by atoms with Crippen molar-refractivity contribution in [2.75, 3.05) is 26.2 Å². The van der Waals surface area contributed by atoms with Gasteiger partial charge in [0.1, 0.15) is 0 Å². The summed E-state index contributed by atoms with van der Waals surface area (Å²) in [6.45, 7) is 5.63. The first kappa shape index (κ1) is 11.0. The second-order valence-electron chi connectivity index (χ2n) is 4.12. The summed E-state index contributed by atoms with van der Waals surface area (Å²) >= 11 is 0. The molecule has 78 valence electrons. The molecule has 0 bridgehead atoms. The van der Waals surface area contributed by atoms with Crippen molar-refractivity contribution in [2.24, 2.45) is 5.92 Å². The highest BCUT2D eigenvalue weighted by Gasteiger charge is 2.15. The van der Waals surface area contributed by atoms with Gasteiger partial charge in [0.25, 0.3) is 0 Å². The molecule has 1 aliphatic rings. The van der Waals surface area contributed by atoms with Crippen LogP contribution in [0.1, 0.15) is 39.0 Å². The number of aliphatic hydroxyl groups excluding tert-OH is 1. The molecule has 0 aliphatic heterocycles. The smallest absolute Gasteiger partial charge is 0.0558 e. The number of hydrogen-bond donors (Lipinski definition) is 1. The Kier molecular flexibility index (Phi) is 5.40. The van der Waals surface area contributed by atoms with Crippen LogP contribution in [0.5, 0.6) is 0 Å². The molecule has 0 unspecified atom stereocenters. The summed E-state index contributed by atoms with van der Waals surface area (Å²) < 4.78 is 0. The van der Waals surface area contributed by atoms with Crippen molar-refractivity contribution in [3.63, 3.8) is 0 Å². The van der Waals surface area contributed by atoms with Crippen LogP contribution >= 0.6 is 0 Å². The molecule has 1 rings (SSSR count). The molecule has 1 fully saturated rings. The highest BCUT2D eigenvalue weighted by atomic mass is 16.3. The molecule has 0 radical (unpaired) electrons. The van der Waals surface area contributed by atoms with Crippen LogP contribution in [0.25, 0.3) is 0 Å². The summed E-state index contributed by atoms with van der Waals surface area (Å²) in [5, 5.41) is 8.86. The summed E-state index contributed by atoms with van der Waals surface area (Å²) in [5.41, 5.74) is 0. The lowest BCUT2D eigenvalue weighted by molar-refractivity contribution is 0.166. The van der Waals surface area contributed by atoms with Crippen molar-refractivity contribution in [1.82, 2.24) is 4.90 Å². The van der Waals surface area contributed by atoms with Gasteiger partial charge in [0.15, 0.2) is 0 Å². The molecule has 2 nitrogen and oxygen atoms in total. The molecule has 0 amide bonds. The van der Waals surface area contributed by atoms with E-state index in [9.17, 15) is 0 Å². The highest BCUT2D eigenvalue weighted by molar-refractivity contribution is 4.69. The van der Waals surface area contributed by atoms with Gasteiger partial charge in [0.05, 0.1) is 6.61 Å². The van der Waals surface area contributed by atoms with E-state index in [0.717, 1.165) is 19.0 Å². The molecular weight excluding hydrogens is 162 g/mol. The van der Waals surface area contributed by atoms with Crippen LogP contribution in [0.4, 0.5) is 0 Å². The lowest BCUT2D eigenvalue weighted by Crippen LogP contribution is -2.32. The second kappa shape index (κ2) is 6.39. The Balaban J connectivity index is 2.18. The highest BCUT2D eigenvalue weighted by Crippen LogP contribution is 2.24. The van der Waals surface area contributed by atoms with E-state index in [1.54, 1.807) is 0 Å². The van der Waals surface area contributed by atoms with Crippen LogP contribution < -0.4 is 0 Å². The maximum absolute atomic E-state index is 8.86. The zero-order valence-electron chi connectivity index (χ0n) is 8.84. The summed E-state index contributed by atoms with van der Waals surface area (Å²) in [7, 11) is 0. The van der Waals surface area contributed by atoms with Crippen LogP contribution in [0, 0.1) is 5.92 Å². The lowest BCUT2D eigenvalue weighted by Gasteiger charge is -2.28. The third-order valence-electron chi connectivity index (χ3n) is 3.10. The normalized spacial score (nSPS) is 19.6. The minimum atomic E-state index is 0.306. The molecule has 1 saturated carbocycles. The van der Waals surface area contributed by atoms with Crippen LogP contribution in [-0.4, -0.2) is 36.2 Å². The van der Waals surface area contributed by atoms with Gasteiger partial charge in [0.2, 0.25) is 0 Å².